The van der Waals surface area contributed by atoms with Gasteiger partial charge in [0, 0.05) is 37.8 Å². The molecule has 1 saturated heterocycles. The van der Waals surface area contributed by atoms with Crippen molar-refractivity contribution in [3.8, 4) is 0 Å². The minimum atomic E-state index is -1.26. The fourth-order valence-electron chi connectivity index (χ4n) is 4.06. The SMILES string of the molecule is CN(C)C1CCN(c2nc3cccc4c3n2CCC4)CC1.O=C(O)C=CC(=O)O. The molecule has 29 heavy (non-hydrogen) atoms. The molecule has 2 aromatic rings. The van der Waals surface area contributed by atoms with Gasteiger partial charge in [-0.2, -0.15) is 0 Å². The molecule has 3 heterocycles. The Labute approximate surface area is 170 Å². The van der Waals surface area contributed by atoms with Crippen molar-refractivity contribution >= 4 is 28.9 Å². The molecule has 0 unspecified atom stereocenters. The van der Waals surface area contributed by atoms with Gasteiger partial charge in [-0.25, -0.2) is 14.6 Å². The zero-order valence-corrected chi connectivity index (χ0v) is 16.9. The number of hydrogen-bond donors (Lipinski definition) is 2. The smallest absolute Gasteiger partial charge is 0.328 e. The second kappa shape index (κ2) is 9.09. The molecule has 0 aliphatic carbocycles. The molecule has 0 spiro atoms. The highest BCUT2D eigenvalue weighted by Gasteiger charge is 2.26. The molecule has 1 aromatic heterocycles. The van der Waals surface area contributed by atoms with Crippen molar-refractivity contribution in [2.45, 2.75) is 38.3 Å². The van der Waals surface area contributed by atoms with Gasteiger partial charge in [-0.05, 0) is 51.4 Å². The molecule has 2 aliphatic heterocycles. The van der Waals surface area contributed by atoms with Crippen molar-refractivity contribution in [1.29, 1.82) is 0 Å². The lowest BCUT2D eigenvalue weighted by molar-refractivity contribution is -0.134. The molecule has 1 fully saturated rings. The Balaban J connectivity index is 0.000000258. The molecule has 156 valence electrons. The summed E-state index contributed by atoms with van der Waals surface area (Å²) in [5.74, 6) is -1.31. The highest BCUT2D eigenvalue weighted by atomic mass is 16.4. The van der Waals surface area contributed by atoms with E-state index in [1.54, 1.807) is 0 Å². The molecule has 0 radical (unpaired) electrons. The van der Waals surface area contributed by atoms with Crippen molar-refractivity contribution in [3.05, 3.63) is 35.9 Å². The number of para-hydroxylation sites is 1. The van der Waals surface area contributed by atoms with Gasteiger partial charge in [-0.1, -0.05) is 12.1 Å². The first-order valence-corrected chi connectivity index (χ1v) is 9.90. The van der Waals surface area contributed by atoms with Crippen molar-refractivity contribution in [3.63, 3.8) is 0 Å². The summed E-state index contributed by atoms with van der Waals surface area (Å²) in [7, 11) is 4.39. The maximum atomic E-state index is 9.55. The van der Waals surface area contributed by atoms with Crippen LogP contribution in [0.4, 0.5) is 5.95 Å². The minimum absolute atomic E-state index is 0.558. The Morgan fingerprint density at radius 1 is 1.10 bits per heavy atom. The van der Waals surface area contributed by atoms with E-state index in [2.05, 4.69) is 46.7 Å². The summed E-state index contributed by atoms with van der Waals surface area (Å²) in [5.41, 5.74) is 4.03. The van der Waals surface area contributed by atoms with Gasteiger partial charge < -0.3 is 24.6 Å². The number of hydrogen-bond acceptors (Lipinski definition) is 5. The molecular formula is C21H28N4O4. The molecule has 0 atom stereocenters. The lowest BCUT2D eigenvalue weighted by atomic mass is 10.0. The van der Waals surface area contributed by atoms with E-state index in [-0.39, 0.29) is 0 Å². The molecule has 8 nitrogen and oxygen atoms in total. The van der Waals surface area contributed by atoms with Crippen LogP contribution in [0.25, 0.3) is 11.0 Å². The van der Waals surface area contributed by atoms with Gasteiger partial charge in [-0.15, -0.1) is 0 Å². The molecule has 0 bridgehead atoms. The van der Waals surface area contributed by atoms with Crippen LogP contribution in [-0.4, -0.2) is 69.8 Å². The molecule has 4 rings (SSSR count). The van der Waals surface area contributed by atoms with Gasteiger partial charge in [0.15, 0.2) is 0 Å². The first kappa shape index (κ1) is 20.9. The number of carboxylic acid groups (broad SMARTS) is 2. The van der Waals surface area contributed by atoms with Gasteiger partial charge in [-0.3, -0.25) is 0 Å². The van der Waals surface area contributed by atoms with Crippen molar-refractivity contribution in [2.24, 2.45) is 0 Å². The van der Waals surface area contributed by atoms with Gasteiger partial charge in [0.25, 0.3) is 0 Å². The second-order valence-electron chi connectivity index (χ2n) is 7.64. The minimum Gasteiger partial charge on any atom is -0.478 e. The van der Waals surface area contributed by atoms with E-state index < -0.39 is 11.9 Å². The predicted molar refractivity (Wildman–Crippen MR) is 111 cm³/mol. The number of piperidine rings is 1. The summed E-state index contributed by atoms with van der Waals surface area (Å²) >= 11 is 0. The van der Waals surface area contributed by atoms with Crippen LogP contribution in [0.5, 0.6) is 0 Å². The van der Waals surface area contributed by atoms with Crippen molar-refractivity contribution in [1.82, 2.24) is 14.5 Å². The topological polar surface area (TPSA) is 98.9 Å². The predicted octanol–water partition coefficient (Wildman–Crippen LogP) is 2.22. The monoisotopic (exact) mass is 400 g/mol. The fraction of sp³-hybridized carbons (Fsp3) is 0.476. The van der Waals surface area contributed by atoms with E-state index in [0.29, 0.717) is 12.2 Å². The third-order valence-electron chi connectivity index (χ3n) is 5.50. The molecule has 2 N–H and O–H groups in total. The number of aryl methyl sites for hydroxylation is 2. The van der Waals surface area contributed by atoms with Crippen molar-refractivity contribution < 1.29 is 19.8 Å². The van der Waals surface area contributed by atoms with E-state index in [1.165, 1.54) is 48.2 Å². The number of rotatable bonds is 4. The number of anilines is 1. The molecule has 0 saturated carbocycles. The van der Waals surface area contributed by atoms with Gasteiger partial charge in [0.05, 0.1) is 11.0 Å². The highest BCUT2D eigenvalue weighted by Crippen LogP contribution is 2.31. The lowest BCUT2D eigenvalue weighted by Gasteiger charge is -2.36. The number of carbonyl (C=O) groups is 2. The normalized spacial score (nSPS) is 16.9. The third kappa shape index (κ3) is 4.95. The Morgan fingerprint density at radius 3 is 2.34 bits per heavy atom. The number of imidazole rings is 1. The number of aliphatic carboxylic acids is 2. The van der Waals surface area contributed by atoms with E-state index >= 15 is 0 Å². The fourth-order valence-corrected chi connectivity index (χ4v) is 4.06. The first-order valence-electron chi connectivity index (χ1n) is 9.90. The Morgan fingerprint density at radius 2 is 1.76 bits per heavy atom. The second-order valence-corrected chi connectivity index (χ2v) is 7.64. The Hall–Kier alpha value is -2.87. The third-order valence-corrected chi connectivity index (χ3v) is 5.50. The Bertz CT molecular complexity index is 895. The summed E-state index contributed by atoms with van der Waals surface area (Å²) in [6.07, 6.45) is 6.03. The summed E-state index contributed by atoms with van der Waals surface area (Å²) < 4.78 is 2.46. The number of nitrogens with zero attached hydrogens (tertiary/aromatic N) is 4. The summed E-state index contributed by atoms with van der Waals surface area (Å²) in [6, 6.07) is 7.31. The van der Waals surface area contributed by atoms with Crippen LogP contribution in [0, 0.1) is 0 Å². The van der Waals surface area contributed by atoms with E-state index in [0.717, 1.165) is 25.7 Å². The quantitative estimate of drug-likeness (QED) is 0.759. The van der Waals surface area contributed by atoms with Gasteiger partial charge in [0.2, 0.25) is 5.95 Å². The summed E-state index contributed by atoms with van der Waals surface area (Å²) in [4.78, 5) is 28.9. The molecule has 0 amide bonds. The largest absolute Gasteiger partial charge is 0.478 e. The zero-order chi connectivity index (χ0) is 21.0. The maximum Gasteiger partial charge on any atom is 0.328 e. The average Bonchev–Trinajstić information content (AvgIpc) is 3.08. The maximum absolute atomic E-state index is 9.55. The van der Waals surface area contributed by atoms with Crippen LogP contribution in [0.3, 0.4) is 0 Å². The van der Waals surface area contributed by atoms with Gasteiger partial charge >= 0.3 is 11.9 Å². The Kier molecular flexibility index (Phi) is 6.53. The summed E-state index contributed by atoms with van der Waals surface area (Å²) in [6.45, 7) is 3.37. The van der Waals surface area contributed by atoms with Crippen molar-refractivity contribution in [2.75, 3.05) is 32.1 Å². The van der Waals surface area contributed by atoms with Crippen LogP contribution in [0.1, 0.15) is 24.8 Å². The van der Waals surface area contributed by atoms with E-state index in [1.807, 2.05) is 0 Å². The average molecular weight is 400 g/mol. The molecule has 2 aliphatic rings. The van der Waals surface area contributed by atoms with Gasteiger partial charge in [0.1, 0.15) is 0 Å². The number of benzene rings is 1. The van der Waals surface area contributed by atoms with E-state index in [9.17, 15) is 9.59 Å². The number of carboxylic acids is 2. The standard InChI is InChI=1S/C17H24N4.C4H4O4/c1-19(2)14-8-11-20(12-9-14)17-18-15-7-3-5-13-6-4-10-21(17)16(13)15;5-3(6)1-2-4(7)8/h3,5,7,14H,4,6,8-12H2,1-2H3;1-2H,(H,5,6)(H,7,8). The molecular weight excluding hydrogens is 372 g/mol. The molecule has 8 heteroatoms. The summed E-state index contributed by atoms with van der Waals surface area (Å²) in [5, 5.41) is 15.6. The van der Waals surface area contributed by atoms with Crippen LogP contribution in [-0.2, 0) is 22.6 Å². The zero-order valence-electron chi connectivity index (χ0n) is 16.9. The van der Waals surface area contributed by atoms with Crippen LogP contribution < -0.4 is 4.90 Å². The first-order chi connectivity index (χ1) is 13.9. The lowest BCUT2D eigenvalue weighted by Crippen LogP contribution is -2.43. The van der Waals surface area contributed by atoms with Crippen LogP contribution >= 0.6 is 0 Å². The molecule has 1 aromatic carbocycles. The van der Waals surface area contributed by atoms with Crippen LogP contribution in [0.2, 0.25) is 0 Å². The van der Waals surface area contributed by atoms with Crippen LogP contribution in [0.15, 0.2) is 30.4 Å². The highest BCUT2D eigenvalue weighted by molar-refractivity contribution is 5.89. The van der Waals surface area contributed by atoms with E-state index in [4.69, 9.17) is 15.2 Å². The number of aromatic nitrogens is 2.